The third-order valence-electron chi connectivity index (χ3n) is 7.11. The van der Waals surface area contributed by atoms with Crippen molar-refractivity contribution in [3.05, 3.63) is 53.6 Å². The van der Waals surface area contributed by atoms with Gasteiger partial charge >= 0.3 is 12.2 Å². The van der Waals surface area contributed by atoms with Crippen LogP contribution in [0.4, 0.5) is 30.8 Å². The smallest absolute Gasteiger partial charge is 0.422 e. The highest BCUT2D eigenvalue weighted by atomic mass is 19.4. The first-order chi connectivity index (χ1) is 21.3. The summed E-state index contributed by atoms with van der Waals surface area (Å²) in [6.45, 7) is 2.07. The molecule has 0 radical (unpaired) electrons. The van der Waals surface area contributed by atoms with Crippen molar-refractivity contribution >= 4 is 23.5 Å². The predicted octanol–water partition coefficient (Wildman–Crippen LogP) is 4.84. The number of fused-ring (bicyclic) bond motifs is 10. The van der Waals surface area contributed by atoms with Crippen LogP contribution < -0.4 is 35.5 Å². The van der Waals surface area contributed by atoms with Crippen LogP contribution >= 0.6 is 0 Å². The van der Waals surface area contributed by atoms with Crippen molar-refractivity contribution in [3.8, 4) is 17.5 Å². The summed E-state index contributed by atoms with van der Waals surface area (Å²) in [5, 5.41) is 12.3. The van der Waals surface area contributed by atoms with Gasteiger partial charge in [-0.15, -0.1) is 0 Å². The monoisotopic (exact) mass is 615 g/mol. The number of benzene rings is 2. The van der Waals surface area contributed by atoms with Crippen LogP contribution in [0.1, 0.15) is 48.0 Å². The van der Waals surface area contributed by atoms with Gasteiger partial charge in [0.1, 0.15) is 11.5 Å². The number of aromatic nitrogens is 3. The van der Waals surface area contributed by atoms with E-state index in [0.29, 0.717) is 49.2 Å². The summed E-state index contributed by atoms with van der Waals surface area (Å²) in [4.78, 5) is 25.5. The molecular weight excluding hydrogens is 579 g/mol. The summed E-state index contributed by atoms with van der Waals surface area (Å²) < 4.78 is 55.4. The first-order valence-corrected chi connectivity index (χ1v) is 14.7. The fourth-order valence-electron chi connectivity index (χ4n) is 4.77. The topological polar surface area (TPSA) is 132 Å². The molecule has 1 aromatic heterocycles. The maximum atomic E-state index is 13.1. The molecule has 11 nitrogen and oxygen atoms in total. The van der Waals surface area contributed by atoms with E-state index in [1.165, 1.54) is 0 Å². The van der Waals surface area contributed by atoms with E-state index in [1.54, 1.807) is 18.2 Å². The Hall–Kier alpha value is -4.33. The number of carbonyl (C=O) groups is 1. The molecule has 6 bridgehead atoms. The minimum absolute atomic E-state index is 0.0137. The van der Waals surface area contributed by atoms with Crippen molar-refractivity contribution in [3.63, 3.8) is 0 Å². The highest BCUT2D eigenvalue weighted by molar-refractivity contribution is 5.97. The van der Waals surface area contributed by atoms with Crippen LogP contribution in [0.2, 0.25) is 0 Å². The first kappa shape index (κ1) is 31.1. The number of hydrogen-bond donors (Lipinski definition) is 4. The van der Waals surface area contributed by atoms with Crippen LogP contribution in [0.25, 0.3) is 0 Å². The van der Waals surface area contributed by atoms with Crippen LogP contribution in [0.3, 0.4) is 0 Å². The van der Waals surface area contributed by atoms with Crippen molar-refractivity contribution < 1.29 is 32.2 Å². The van der Waals surface area contributed by atoms with Gasteiger partial charge in [0.25, 0.3) is 5.91 Å². The SMILES string of the molecule is O=C(NCC1CCNC1)c1ccc2cc1OCCCCCCOc1ccc(cc1)CNc1nc(nc(OCC(F)(F)F)n1)N2. The van der Waals surface area contributed by atoms with E-state index in [0.717, 1.165) is 56.5 Å². The summed E-state index contributed by atoms with van der Waals surface area (Å²) in [7, 11) is 0. The molecule has 1 saturated heterocycles. The molecule has 4 heterocycles. The van der Waals surface area contributed by atoms with E-state index >= 15 is 0 Å². The molecular formula is C30H36F3N7O4. The number of ether oxygens (including phenoxy) is 3. The molecule has 3 aliphatic rings. The molecule has 4 N–H and O–H groups in total. The van der Waals surface area contributed by atoms with Crippen LogP contribution in [-0.2, 0) is 6.54 Å². The average molecular weight is 616 g/mol. The second-order valence-corrected chi connectivity index (χ2v) is 10.7. The lowest BCUT2D eigenvalue weighted by Crippen LogP contribution is -2.30. The van der Waals surface area contributed by atoms with Crippen molar-refractivity contribution in [2.45, 2.75) is 44.8 Å². The summed E-state index contributed by atoms with van der Waals surface area (Å²) in [5.41, 5.74) is 1.73. The molecule has 6 rings (SSSR count). The Balaban J connectivity index is 1.39. The number of hydrogen-bond acceptors (Lipinski definition) is 10. The Morgan fingerprint density at radius 3 is 2.50 bits per heavy atom. The third-order valence-corrected chi connectivity index (χ3v) is 7.11. The number of amides is 1. The Bertz CT molecular complexity index is 1390. The Morgan fingerprint density at radius 1 is 0.977 bits per heavy atom. The van der Waals surface area contributed by atoms with Gasteiger partial charge in [-0.3, -0.25) is 4.79 Å². The lowest BCUT2D eigenvalue weighted by molar-refractivity contribution is -0.154. The van der Waals surface area contributed by atoms with Gasteiger partial charge in [0, 0.05) is 24.8 Å². The fraction of sp³-hybridized carbons (Fsp3) is 0.467. The quantitative estimate of drug-likeness (QED) is 0.316. The van der Waals surface area contributed by atoms with Gasteiger partial charge in [-0.2, -0.15) is 28.1 Å². The molecule has 1 amide bonds. The molecule has 3 aromatic rings. The molecule has 236 valence electrons. The van der Waals surface area contributed by atoms with Gasteiger partial charge in [-0.1, -0.05) is 12.1 Å². The third kappa shape index (κ3) is 9.59. The molecule has 3 aliphatic heterocycles. The van der Waals surface area contributed by atoms with E-state index in [1.807, 2.05) is 24.3 Å². The van der Waals surface area contributed by atoms with E-state index in [-0.39, 0.29) is 17.8 Å². The van der Waals surface area contributed by atoms with E-state index in [2.05, 4.69) is 36.2 Å². The van der Waals surface area contributed by atoms with Gasteiger partial charge in [-0.25, -0.2) is 0 Å². The highest BCUT2D eigenvalue weighted by Crippen LogP contribution is 2.27. The first-order valence-electron chi connectivity index (χ1n) is 14.7. The van der Waals surface area contributed by atoms with Gasteiger partial charge < -0.3 is 35.5 Å². The van der Waals surface area contributed by atoms with Crippen molar-refractivity contribution in [1.29, 1.82) is 0 Å². The van der Waals surface area contributed by atoms with Crippen molar-refractivity contribution in [1.82, 2.24) is 25.6 Å². The molecule has 0 saturated carbocycles. The Kier molecular flexibility index (Phi) is 10.5. The molecule has 0 aliphatic carbocycles. The summed E-state index contributed by atoms with van der Waals surface area (Å²) in [5.74, 6) is 1.20. The molecule has 44 heavy (non-hydrogen) atoms. The van der Waals surface area contributed by atoms with Crippen molar-refractivity contribution in [2.75, 3.05) is 50.1 Å². The van der Waals surface area contributed by atoms with Gasteiger partial charge in [0.05, 0.1) is 18.8 Å². The van der Waals surface area contributed by atoms with Crippen LogP contribution in [0.15, 0.2) is 42.5 Å². The van der Waals surface area contributed by atoms with Crippen LogP contribution in [0.5, 0.6) is 17.5 Å². The predicted molar refractivity (Wildman–Crippen MR) is 158 cm³/mol. The summed E-state index contributed by atoms with van der Waals surface area (Å²) in [6, 6.07) is 11.9. The lowest BCUT2D eigenvalue weighted by Gasteiger charge is -2.16. The van der Waals surface area contributed by atoms with E-state index < -0.39 is 18.8 Å². The second-order valence-electron chi connectivity index (χ2n) is 10.7. The van der Waals surface area contributed by atoms with Crippen LogP contribution in [0, 0.1) is 5.92 Å². The van der Waals surface area contributed by atoms with E-state index in [9.17, 15) is 18.0 Å². The second kappa shape index (κ2) is 14.9. The molecule has 1 fully saturated rings. The van der Waals surface area contributed by atoms with Crippen LogP contribution in [-0.4, -0.2) is 66.5 Å². The van der Waals surface area contributed by atoms with Gasteiger partial charge in [0.15, 0.2) is 6.61 Å². The van der Waals surface area contributed by atoms with E-state index in [4.69, 9.17) is 14.2 Å². The number of nitrogens with one attached hydrogen (secondary N) is 4. The Labute approximate surface area is 253 Å². The van der Waals surface area contributed by atoms with Crippen molar-refractivity contribution in [2.24, 2.45) is 5.92 Å². The largest absolute Gasteiger partial charge is 0.494 e. The molecule has 2 aromatic carbocycles. The number of carbonyl (C=O) groups excluding carboxylic acids is 1. The maximum absolute atomic E-state index is 13.1. The zero-order chi connectivity index (χ0) is 30.8. The number of rotatable bonds is 5. The van der Waals surface area contributed by atoms with Gasteiger partial charge in [-0.05, 0) is 80.9 Å². The molecule has 1 unspecified atom stereocenters. The fourth-order valence-corrected chi connectivity index (χ4v) is 4.77. The number of nitrogens with zero attached hydrogens (tertiary/aromatic N) is 3. The average Bonchev–Trinajstić information content (AvgIpc) is 3.53. The zero-order valence-electron chi connectivity index (χ0n) is 24.2. The van der Waals surface area contributed by atoms with Gasteiger partial charge in [0.2, 0.25) is 11.9 Å². The summed E-state index contributed by atoms with van der Waals surface area (Å²) >= 11 is 0. The molecule has 14 heteroatoms. The minimum Gasteiger partial charge on any atom is -0.494 e. The lowest BCUT2D eigenvalue weighted by atomic mass is 10.1. The normalized spacial score (nSPS) is 17.7. The molecule has 1 atom stereocenters. The summed E-state index contributed by atoms with van der Waals surface area (Å²) in [6.07, 6.45) is -0.00377. The highest BCUT2D eigenvalue weighted by Gasteiger charge is 2.29. The number of halogens is 3. The molecule has 0 spiro atoms. The zero-order valence-corrected chi connectivity index (χ0v) is 24.2. The Morgan fingerprint density at radius 2 is 1.75 bits per heavy atom. The minimum atomic E-state index is -4.57. The number of anilines is 3. The number of alkyl halides is 3. The standard InChI is InChI=1S/C30H36F3N7O4/c31-30(32,33)19-44-29-39-27-36-17-20-5-8-23(9-6-20)42-13-3-1-2-4-14-43-25-15-22(37-28(38-27)40-29)7-10-24(25)26(41)35-18-21-11-12-34-16-21/h5-10,15,21,34H,1-4,11-14,16-19H2,(H,35,41)(H2,36,37,38,39,40). The maximum Gasteiger partial charge on any atom is 0.422 e.